The molecule has 0 saturated heterocycles. The van der Waals surface area contributed by atoms with Gasteiger partial charge in [-0.2, -0.15) is 0 Å². The van der Waals surface area contributed by atoms with E-state index in [9.17, 15) is 5.11 Å². The van der Waals surface area contributed by atoms with Crippen molar-refractivity contribution in [3.05, 3.63) is 91.0 Å². The number of rotatable bonds is 6. The first kappa shape index (κ1) is 16.9. The molecule has 124 valence electrons. The van der Waals surface area contributed by atoms with Crippen molar-refractivity contribution in [2.75, 3.05) is 12.8 Å². The fraction of sp³-hybridized carbons (Fsp3) is 0.182. The van der Waals surface area contributed by atoms with Crippen LogP contribution in [0.15, 0.2) is 91.0 Å². The molecule has 0 heterocycles. The fourth-order valence-corrected chi connectivity index (χ4v) is 8.77. The third-order valence-corrected chi connectivity index (χ3v) is 10.0. The summed E-state index contributed by atoms with van der Waals surface area (Å²) < 4.78 is 0. The molecule has 0 radical (unpaired) electrons. The zero-order valence-corrected chi connectivity index (χ0v) is 15.1. The van der Waals surface area contributed by atoms with E-state index in [4.69, 9.17) is 0 Å². The molecule has 0 aromatic heterocycles. The molecule has 1 unspecified atom stereocenters. The predicted octanol–water partition coefficient (Wildman–Crippen LogP) is 3.34. The molecule has 2 heteroatoms. The van der Waals surface area contributed by atoms with Crippen molar-refractivity contribution < 1.29 is 5.11 Å². The van der Waals surface area contributed by atoms with Gasteiger partial charge in [-0.05, 0) is 0 Å². The molecule has 3 rings (SSSR count). The topological polar surface area (TPSA) is 20.2 Å². The summed E-state index contributed by atoms with van der Waals surface area (Å²) in [5.74, 6) is 0.261. The second-order valence-corrected chi connectivity index (χ2v) is 10.4. The van der Waals surface area contributed by atoms with Gasteiger partial charge in [-0.15, -0.1) is 0 Å². The van der Waals surface area contributed by atoms with Gasteiger partial charge >= 0.3 is 145 Å². The molecule has 0 bridgehead atoms. The Hall–Kier alpha value is -1.95. The molecule has 0 aliphatic heterocycles. The van der Waals surface area contributed by atoms with Crippen LogP contribution in [0.5, 0.6) is 0 Å². The molecular weight excluding hydrogens is 311 g/mol. The van der Waals surface area contributed by atoms with Gasteiger partial charge in [-0.1, -0.05) is 0 Å². The molecular formula is C22H25OP. The Balaban J connectivity index is 2.28. The van der Waals surface area contributed by atoms with Crippen LogP contribution in [0.2, 0.25) is 0 Å². The third kappa shape index (κ3) is 3.29. The van der Waals surface area contributed by atoms with Crippen LogP contribution in [-0.2, 0) is 0 Å². The van der Waals surface area contributed by atoms with Crippen molar-refractivity contribution in [3.63, 3.8) is 0 Å². The Morgan fingerprint density at radius 2 is 1.00 bits per heavy atom. The van der Waals surface area contributed by atoms with Crippen LogP contribution in [0.3, 0.4) is 0 Å². The Kier molecular flexibility index (Phi) is 5.45. The first-order valence-electron chi connectivity index (χ1n) is 8.55. The Morgan fingerprint density at radius 3 is 1.29 bits per heavy atom. The zero-order chi connectivity index (χ0) is 16.8. The van der Waals surface area contributed by atoms with Gasteiger partial charge in [-0.3, -0.25) is 0 Å². The van der Waals surface area contributed by atoms with Gasteiger partial charge in [-0.25, -0.2) is 0 Å². The van der Waals surface area contributed by atoms with Crippen molar-refractivity contribution in [2.45, 2.75) is 6.92 Å². The standard InChI is InChI=1S/C22H25OP/c1-19(17-23)18-24(20-11-5-2-6-12-20,21-13-7-3-8-14-21)22-15-9-4-10-16-22/h2-16,19,23-24H,17-18H2,1H3. The second-order valence-electron chi connectivity index (χ2n) is 6.50. The van der Waals surface area contributed by atoms with Crippen molar-refractivity contribution in [1.29, 1.82) is 0 Å². The van der Waals surface area contributed by atoms with Crippen LogP contribution in [-0.4, -0.2) is 17.9 Å². The van der Waals surface area contributed by atoms with E-state index in [2.05, 4.69) is 97.9 Å². The maximum absolute atomic E-state index is 9.76. The average Bonchev–Trinajstić information content (AvgIpc) is 2.68. The van der Waals surface area contributed by atoms with Crippen LogP contribution < -0.4 is 15.9 Å². The van der Waals surface area contributed by atoms with Gasteiger partial charge in [0.25, 0.3) is 0 Å². The number of benzene rings is 3. The van der Waals surface area contributed by atoms with Gasteiger partial charge in [0.05, 0.1) is 0 Å². The first-order chi connectivity index (χ1) is 11.8. The van der Waals surface area contributed by atoms with Crippen LogP contribution in [0.4, 0.5) is 0 Å². The summed E-state index contributed by atoms with van der Waals surface area (Å²) in [6.07, 6.45) is 1.00. The summed E-state index contributed by atoms with van der Waals surface area (Å²) >= 11 is 0. The zero-order valence-electron chi connectivity index (χ0n) is 14.1. The van der Waals surface area contributed by atoms with Crippen molar-refractivity contribution >= 4 is 23.2 Å². The van der Waals surface area contributed by atoms with E-state index in [-0.39, 0.29) is 12.5 Å². The van der Waals surface area contributed by atoms with Crippen LogP contribution >= 0.6 is 7.26 Å². The summed E-state index contributed by atoms with van der Waals surface area (Å²) in [7, 11) is -2.17. The van der Waals surface area contributed by atoms with Crippen molar-refractivity contribution in [1.82, 2.24) is 0 Å². The van der Waals surface area contributed by atoms with Crippen LogP contribution in [0.1, 0.15) is 6.92 Å². The summed E-state index contributed by atoms with van der Waals surface area (Å²) in [5.41, 5.74) is 0. The molecule has 24 heavy (non-hydrogen) atoms. The van der Waals surface area contributed by atoms with E-state index in [0.29, 0.717) is 0 Å². The molecule has 3 aromatic rings. The molecule has 1 nitrogen and oxygen atoms in total. The van der Waals surface area contributed by atoms with E-state index >= 15 is 0 Å². The van der Waals surface area contributed by atoms with Crippen molar-refractivity contribution in [2.24, 2.45) is 5.92 Å². The molecule has 0 spiro atoms. The minimum atomic E-state index is -2.17. The summed E-state index contributed by atoms with van der Waals surface area (Å²) in [5, 5.41) is 14.0. The first-order valence-corrected chi connectivity index (χ1v) is 10.8. The quantitative estimate of drug-likeness (QED) is 0.685. The third-order valence-electron chi connectivity index (χ3n) is 4.77. The predicted molar refractivity (Wildman–Crippen MR) is 108 cm³/mol. The summed E-state index contributed by atoms with van der Waals surface area (Å²) in [6.45, 7) is 2.37. The van der Waals surface area contributed by atoms with Gasteiger partial charge < -0.3 is 0 Å². The van der Waals surface area contributed by atoms with Crippen LogP contribution in [0.25, 0.3) is 0 Å². The fourth-order valence-electron chi connectivity index (χ4n) is 3.61. The number of hydrogen-bond donors (Lipinski definition) is 1. The molecule has 1 atom stereocenters. The van der Waals surface area contributed by atoms with E-state index in [1.54, 1.807) is 0 Å². The molecule has 1 N–H and O–H groups in total. The Morgan fingerprint density at radius 1 is 0.667 bits per heavy atom. The minimum absolute atomic E-state index is 0.223. The molecule has 0 aliphatic carbocycles. The molecule has 0 fully saturated rings. The van der Waals surface area contributed by atoms with Crippen LogP contribution in [0, 0.1) is 5.92 Å². The van der Waals surface area contributed by atoms with Gasteiger partial charge in [0.1, 0.15) is 0 Å². The molecule has 3 aromatic carbocycles. The Bertz CT molecular complexity index is 644. The second kappa shape index (κ2) is 7.75. The van der Waals surface area contributed by atoms with Gasteiger partial charge in [0.2, 0.25) is 0 Å². The molecule has 0 saturated carbocycles. The molecule has 0 amide bonds. The number of aliphatic hydroxyl groups excluding tert-OH is 1. The van der Waals surface area contributed by atoms with Crippen molar-refractivity contribution in [3.8, 4) is 0 Å². The number of aliphatic hydroxyl groups is 1. The monoisotopic (exact) mass is 336 g/mol. The average molecular weight is 336 g/mol. The summed E-state index contributed by atoms with van der Waals surface area (Å²) in [6, 6.07) is 32.6. The normalized spacial score (nSPS) is 13.4. The SMILES string of the molecule is CC(CO)C[PH](c1ccccc1)(c1ccccc1)c1ccccc1. The van der Waals surface area contributed by atoms with Gasteiger partial charge in [0.15, 0.2) is 0 Å². The summed E-state index contributed by atoms with van der Waals surface area (Å²) in [4.78, 5) is 0. The molecule has 0 aliphatic rings. The maximum atomic E-state index is 9.76. The van der Waals surface area contributed by atoms with E-state index in [0.717, 1.165) is 6.16 Å². The number of hydrogen-bond acceptors (Lipinski definition) is 1. The van der Waals surface area contributed by atoms with Gasteiger partial charge in [0, 0.05) is 0 Å². The van der Waals surface area contributed by atoms with E-state index in [1.165, 1.54) is 15.9 Å². The Labute approximate surface area is 145 Å². The van der Waals surface area contributed by atoms with E-state index in [1.807, 2.05) is 0 Å². The van der Waals surface area contributed by atoms with E-state index < -0.39 is 7.26 Å².